The van der Waals surface area contributed by atoms with Crippen LogP contribution in [0.1, 0.15) is 18.2 Å². The predicted molar refractivity (Wildman–Crippen MR) is 72.9 cm³/mol. The largest absolute Gasteiger partial charge is 0.480 e. The van der Waals surface area contributed by atoms with Crippen LogP contribution in [0.2, 0.25) is 0 Å². The first-order valence-electron chi connectivity index (χ1n) is 4.90. The number of rotatable bonds is 6. The normalized spacial score (nSPS) is 11.0. The van der Waals surface area contributed by atoms with Gasteiger partial charge in [0.15, 0.2) is 0 Å². The van der Waals surface area contributed by atoms with Crippen LogP contribution in [0.3, 0.4) is 0 Å². The Labute approximate surface area is 116 Å². The van der Waals surface area contributed by atoms with Crippen LogP contribution < -0.4 is 0 Å². The molecule has 0 aromatic carbocycles. The number of hydrogen-bond acceptors (Lipinski definition) is 3. The molecule has 0 radical (unpaired) electrons. The first-order valence-corrected chi connectivity index (χ1v) is 7.31. The predicted octanol–water partition coefficient (Wildman–Crippen LogP) is 3.57. The van der Waals surface area contributed by atoms with Crippen molar-refractivity contribution in [3.8, 4) is 0 Å². The molecular formula is C10H13Br2NO2S. The number of hydrogen-bond donors (Lipinski definition) is 1. The Balaban J connectivity index is 2.63. The minimum Gasteiger partial charge on any atom is -0.480 e. The van der Waals surface area contributed by atoms with Crippen LogP contribution in [0.25, 0.3) is 0 Å². The molecular weight excluding hydrogens is 358 g/mol. The van der Waals surface area contributed by atoms with Gasteiger partial charge in [0.2, 0.25) is 0 Å². The zero-order chi connectivity index (χ0) is 12.1. The fourth-order valence-corrected chi connectivity index (χ4v) is 3.63. The Bertz CT molecular complexity index is 348. The number of aliphatic carboxylic acids is 1. The van der Waals surface area contributed by atoms with E-state index in [-0.39, 0.29) is 6.54 Å². The highest BCUT2D eigenvalue weighted by molar-refractivity contribution is 9.13. The van der Waals surface area contributed by atoms with Crippen molar-refractivity contribution in [1.82, 2.24) is 4.90 Å². The lowest BCUT2D eigenvalue weighted by Gasteiger charge is -2.18. The summed E-state index contributed by atoms with van der Waals surface area (Å²) in [5.41, 5.74) is 0. The van der Waals surface area contributed by atoms with Gasteiger partial charge < -0.3 is 5.11 Å². The Morgan fingerprint density at radius 1 is 1.56 bits per heavy atom. The minimum atomic E-state index is -0.775. The average Bonchev–Trinajstić information content (AvgIpc) is 2.45. The molecule has 3 nitrogen and oxygen atoms in total. The van der Waals surface area contributed by atoms with E-state index < -0.39 is 5.97 Å². The lowest BCUT2D eigenvalue weighted by molar-refractivity contribution is -0.138. The second-order valence-electron chi connectivity index (χ2n) is 3.44. The van der Waals surface area contributed by atoms with Gasteiger partial charge in [-0.25, -0.2) is 0 Å². The van der Waals surface area contributed by atoms with Gasteiger partial charge in [-0.1, -0.05) is 6.92 Å². The number of halogens is 2. The van der Waals surface area contributed by atoms with Crippen LogP contribution in [0.5, 0.6) is 0 Å². The number of nitrogens with zero attached hydrogens (tertiary/aromatic N) is 1. The van der Waals surface area contributed by atoms with E-state index in [2.05, 4.69) is 38.8 Å². The fourth-order valence-electron chi connectivity index (χ4n) is 1.41. The maximum atomic E-state index is 10.7. The second kappa shape index (κ2) is 6.74. The summed E-state index contributed by atoms with van der Waals surface area (Å²) < 4.78 is 2.08. The molecule has 1 aromatic heterocycles. The Kier molecular flexibility index (Phi) is 5.96. The van der Waals surface area contributed by atoms with Crippen molar-refractivity contribution in [3.05, 3.63) is 19.2 Å². The summed E-state index contributed by atoms with van der Waals surface area (Å²) in [5, 5.41) is 8.79. The van der Waals surface area contributed by atoms with E-state index in [0.29, 0.717) is 6.54 Å². The van der Waals surface area contributed by atoms with E-state index in [0.717, 1.165) is 26.1 Å². The molecule has 0 atom stereocenters. The molecule has 1 rings (SSSR count). The lowest BCUT2D eigenvalue weighted by atomic mass is 10.3. The highest BCUT2D eigenvalue weighted by Gasteiger charge is 2.12. The van der Waals surface area contributed by atoms with Gasteiger partial charge in [-0.05, 0) is 50.9 Å². The summed E-state index contributed by atoms with van der Waals surface area (Å²) in [5.74, 6) is -0.775. The molecule has 0 spiro atoms. The molecule has 0 saturated heterocycles. The maximum Gasteiger partial charge on any atom is 0.317 e. The van der Waals surface area contributed by atoms with Gasteiger partial charge in [-0.15, -0.1) is 11.3 Å². The zero-order valence-electron chi connectivity index (χ0n) is 8.87. The van der Waals surface area contributed by atoms with Crippen LogP contribution in [0, 0.1) is 0 Å². The third kappa shape index (κ3) is 4.53. The van der Waals surface area contributed by atoms with Crippen LogP contribution >= 0.6 is 43.2 Å². The van der Waals surface area contributed by atoms with Gasteiger partial charge in [0.25, 0.3) is 0 Å². The summed E-state index contributed by atoms with van der Waals surface area (Å²) in [4.78, 5) is 13.8. The first kappa shape index (κ1) is 14.2. The molecule has 0 fully saturated rings. The highest BCUT2D eigenvalue weighted by atomic mass is 79.9. The van der Waals surface area contributed by atoms with Crippen molar-refractivity contribution in [2.75, 3.05) is 13.1 Å². The van der Waals surface area contributed by atoms with Gasteiger partial charge in [0.1, 0.15) is 0 Å². The number of carboxylic acid groups (broad SMARTS) is 1. The molecule has 16 heavy (non-hydrogen) atoms. The lowest BCUT2D eigenvalue weighted by Crippen LogP contribution is -2.29. The van der Waals surface area contributed by atoms with E-state index >= 15 is 0 Å². The van der Waals surface area contributed by atoms with Crippen molar-refractivity contribution in [1.29, 1.82) is 0 Å². The van der Waals surface area contributed by atoms with E-state index in [1.54, 1.807) is 11.3 Å². The molecule has 1 aromatic rings. The Hall–Kier alpha value is 0.0900. The molecule has 0 aliphatic heterocycles. The topological polar surface area (TPSA) is 40.5 Å². The second-order valence-corrected chi connectivity index (χ2v) is 6.75. The molecule has 0 amide bonds. The standard InChI is InChI=1S/C10H13Br2NO2S/c1-2-3-13(6-9(14)15)5-7-4-8(11)10(12)16-7/h4H,2-3,5-6H2,1H3,(H,14,15). The van der Waals surface area contributed by atoms with Gasteiger partial charge in [0.05, 0.1) is 10.3 Å². The van der Waals surface area contributed by atoms with Gasteiger partial charge in [0, 0.05) is 15.9 Å². The summed E-state index contributed by atoms with van der Waals surface area (Å²) in [7, 11) is 0. The third-order valence-electron chi connectivity index (χ3n) is 1.97. The monoisotopic (exact) mass is 369 g/mol. The van der Waals surface area contributed by atoms with Gasteiger partial charge in [-0.3, -0.25) is 9.69 Å². The van der Waals surface area contributed by atoms with Crippen molar-refractivity contribution < 1.29 is 9.90 Å². The Morgan fingerprint density at radius 2 is 2.25 bits per heavy atom. The summed E-state index contributed by atoms with van der Waals surface area (Å²) in [6, 6.07) is 2.03. The van der Waals surface area contributed by atoms with Gasteiger partial charge >= 0.3 is 5.97 Å². The summed E-state index contributed by atoms with van der Waals surface area (Å²) in [6.45, 7) is 3.64. The Morgan fingerprint density at radius 3 is 2.69 bits per heavy atom. The van der Waals surface area contributed by atoms with Crippen LogP contribution in [-0.2, 0) is 11.3 Å². The van der Waals surface area contributed by atoms with Crippen LogP contribution in [0.4, 0.5) is 0 Å². The molecule has 0 aliphatic rings. The average molecular weight is 371 g/mol. The molecule has 0 saturated carbocycles. The van der Waals surface area contributed by atoms with Crippen molar-refractivity contribution in [3.63, 3.8) is 0 Å². The minimum absolute atomic E-state index is 0.0982. The summed E-state index contributed by atoms with van der Waals surface area (Å²) in [6.07, 6.45) is 0.959. The SMILES string of the molecule is CCCN(CC(=O)O)Cc1cc(Br)c(Br)s1. The number of carboxylic acids is 1. The molecule has 6 heteroatoms. The van der Waals surface area contributed by atoms with Gasteiger partial charge in [-0.2, -0.15) is 0 Å². The third-order valence-corrected chi connectivity index (χ3v) is 5.22. The zero-order valence-corrected chi connectivity index (χ0v) is 12.9. The number of carbonyl (C=O) groups is 1. The van der Waals surface area contributed by atoms with E-state index in [4.69, 9.17) is 5.11 Å². The molecule has 90 valence electrons. The van der Waals surface area contributed by atoms with Crippen LogP contribution in [-0.4, -0.2) is 29.1 Å². The molecule has 0 unspecified atom stereocenters. The highest BCUT2D eigenvalue weighted by Crippen LogP contribution is 2.32. The molecule has 1 heterocycles. The molecule has 1 N–H and O–H groups in total. The fraction of sp³-hybridized carbons (Fsp3) is 0.500. The molecule has 0 bridgehead atoms. The van der Waals surface area contributed by atoms with E-state index in [1.165, 1.54) is 0 Å². The molecule has 0 aliphatic carbocycles. The smallest absolute Gasteiger partial charge is 0.317 e. The van der Waals surface area contributed by atoms with E-state index in [9.17, 15) is 4.79 Å². The van der Waals surface area contributed by atoms with Crippen molar-refractivity contribution >= 4 is 49.2 Å². The summed E-state index contributed by atoms with van der Waals surface area (Å²) >= 11 is 8.49. The van der Waals surface area contributed by atoms with Crippen molar-refractivity contribution in [2.45, 2.75) is 19.9 Å². The first-order chi connectivity index (χ1) is 7.52. The maximum absolute atomic E-state index is 10.7. The number of thiophene rings is 1. The quantitative estimate of drug-likeness (QED) is 0.832. The van der Waals surface area contributed by atoms with Crippen molar-refractivity contribution in [2.24, 2.45) is 0 Å². The van der Waals surface area contributed by atoms with E-state index in [1.807, 2.05) is 11.0 Å². The van der Waals surface area contributed by atoms with Crippen LogP contribution in [0.15, 0.2) is 14.3 Å².